The summed E-state index contributed by atoms with van der Waals surface area (Å²) >= 11 is 0. The third kappa shape index (κ3) is 2.05. The van der Waals surface area contributed by atoms with Gasteiger partial charge >= 0.3 is 5.97 Å². The van der Waals surface area contributed by atoms with E-state index in [0.29, 0.717) is 11.4 Å². The Bertz CT molecular complexity index is 845. The molecule has 24 heavy (non-hydrogen) atoms. The Labute approximate surface area is 139 Å². The lowest BCUT2D eigenvalue weighted by molar-refractivity contribution is -0.145. The normalized spacial score (nSPS) is 21.8. The van der Waals surface area contributed by atoms with E-state index in [2.05, 4.69) is 4.99 Å². The first kappa shape index (κ1) is 14.6. The highest BCUT2D eigenvalue weighted by atomic mass is 16.5. The predicted octanol–water partition coefficient (Wildman–Crippen LogP) is 2.63. The number of nitrogens with zero attached hydrogens (tertiary/aromatic N) is 2. The van der Waals surface area contributed by atoms with Gasteiger partial charge in [0, 0.05) is 5.56 Å². The van der Waals surface area contributed by atoms with Crippen LogP contribution in [0.3, 0.4) is 0 Å². The molecule has 0 N–H and O–H groups in total. The maximum absolute atomic E-state index is 12.7. The Morgan fingerprint density at radius 3 is 2.58 bits per heavy atom. The van der Waals surface area contributed by atoms with E-state index in [1.54, 1.807) is 6.07 Å². The molecule has 2 heterocycles. The van der Waals surface area contributed by atoms with Crippen LogP contribution >= 0.6 is 0 Å². The Kier molecular flexibility index (Phi) is 3.41. The Morgan fingerprint density at radius 2 is 1.83 bits per heavy atom. The molecule has 2 aromatic rings. The number of hydrogen-bond donors (Lipinski definition) is 0. The van der Waals surface area contributed by atoms with Gasteiger partial charge in [0.05, 0.1) is 25.4 Å². The second-order valence-electron chi connectivity index (χ2n) is 5.87. The molecule has 2 aromatic carbocycles. The van der Waals surface area contributed by atoms with Crippen LogP contribution in [0.25, 0.3) is 0 Å². The van der Waals surface area contributed by atoms with Gasteiger partial charge in [0.25, 0.3) is 0 Å². The fourth-order valence-corrected chi connectivity index (χ4v) is 3.50. The summed E-state index contributed by atoms with van der Waals surface area (Å²) in [5, 5.41) is 0. The molecule has 5 nitrogen and oxygen atoms in total. The molecule has 2 aliphatic rings. The summed E-state index contributed by atoms with van der Waals surface area (Å²) < 4.78 is 4.98. The molecule has 0 saturated carbocycles. The number of esters is 1. The second-order valence-corrected chi connectivity index (χ2v) is 5.87. The zero-order valence-electron chi connectivity index (χ0n) is 13.2. The Balaban J connectivity index is 1.90. The van der Waals surface area contributed by atoms with E-state index >= 15 is 0 Å². The minimum absolute atomic E-state index is 0.0881. The van der Waals surface area contributed by atoms with Gasteiger partial charge in [0.2, 0.25) is 5.78 Å². The molecular weight excluding hydrogens is 304 g/mol. The van der Waals surface area contributed by atoms with Crippen molar-refractivity contribution in [2.24, 2.45) is 10.9 Å². The molecule has 0 aliphatic carbocycles. The van der Waals surface area contributed by atoms with Crippen molar-refractivity contribution in [3.05, 3.63) is 65.7 Å². The van der Waals surface area contributed by atoms with E-state index in [1.165, 1.54) is 7.11 Å². The average molecular weight is 320 g/mol. The monoisotopic (exact) mass is 320 g/mol. The van der Waals surface area contributed by atoms with Crippen molar-refractivity contribution in [2.75, 3.05) is 18.6 Å². The smallest absolute Gasteiger partial charge is 0.313 e. The van der Waals surface area contributed by atoms with E-state index in [1.807, 2.05) is 53.4 Å². The standard InChI is InChI=1S/C19H16N2O3/c1-24-19(23)14-11-20-18-17(22)13-9-5-6-10-15(13)21(18)16(14)12-7-3-2-4-8-12/h2-10,14,16H,11H2,1H3/t14-,16+/m1/s1. The molecule has 2 atom stereocenters. The van der Waals surface area contributed by atoms with Gasteiger partial charge in [-0.25, -0.2) is 0 Å². The lowest BCUT2D eigenvalue weighted by atomic mass is 9.90. The van der Waals surface area contributed by atoms with Crippen LogP contribution in [0.15, 0.2) is 59.6 Å². The number of rotatable bonds is 2. The van der Waals surface area contributed by atoms with Crippen LogP contribution < -0.4 is 4.90 Å². The highest BCUT2D eigenvalue weighted by Crippen LogP contribution is 2.42. The zero-order chi connectivity index (χ0) is 16.7. The van der Waals surface area contributed by atoms with Crippen molar-refractivity contribution < 1.29 is 14.3 Å². The van der Waals surface area contributed by atoms with Gasteiger partial charge in [-0.15, -0.1) is 0 Å². The molecule has 0 aromatic heterocycles. The van der Waals surface area contributed by atoms with Gasteiger partial charge in [0.1, 0.15) is 5.92 Å². The van der Waals surface area contributed by atoms with Crippen molar-refractivity contribution in [1.82, 2.24) is 0 Å². The molecule has 120 valence electrons. The third-order valence-electron chi connectivity index (χ3n) is 4.58. The number of carbonyl (C=O) groups is 2. The summed E-state index contributed by atoms with van der Waals surface area (Å²) in [6.45, 7) is 0.248. The number of ether oxygens (including phenoxy) is 1. The van der Waals surface area contributed by atoms with Crippen LogP contribution in [-0.4, -0.2) is 31.2 Å². The molecule has 0 amide bonds. The molecular formula is C19H16N2O3. The molecule has 5 heteroatoms. The van der Waals surface area contributed by atoms with Crippen molar-refractivity contribution in [1.29, 1.82) is 0 Å². The molecule has 0 saturated heterocycles. The van der Waals surface area contributed by atoms with Gasteiger partial charge in [-0.2, -0.15) is 0 Å². The highest BCUT2D eigenvalue weighted by Gasteiger charge is 2.46. The quantitative estimate of drug-likeness (QED) is 0.798. The Hall–Kier alpha value is -2.95. The largest absolute Gasteiger partial charge is 0.469 e. The van der Waals surface area contributed by atoms with E-state index < -0.39 is 5.92 Å². The first-order chi connectivity index (χ1) is 11.7. The number of aliphatic imine (C=N–C) groups is 1. The summed E-state index contributed by atoms with van der Waals surface area (Å²) in [4.78, 5) is 31.3. The topological polar surface area (TPSA) is 59.0 Å². The summed E-state index contributed by atoms with van der Waals surface area (Å²) in [7, 11) is 1.38. The number of ketones is 1. The lowest BCUT2D eigenvalue weighted by Crippen LogP contribution is -2.46. The molecule has 2 aliphatic heterocycles. The van der Waals surface area contributed by atoms with Crippen molar-refractivity contribution in [3.8, 4) is 0 Å². The van der Waals surface area contributed by atoms with Crippen LogP contribution in [0.4, 0.5) is 5.69 Å². The minimum Gasteiger partial charge on any atom is -0.469 e. The molecule has 0 spiro atoms. The van der Waals surface area contributed by atoms with Gasteiger partial charge in [-0.1, -0.05) is 42.5 Å². The van der Waals surface area contributed by atoms with E-state index in [0.717, 1.165) is 11.3 Å². The lowest BCUT2D eigenvalue weighted by Gasteiger charge is -2.37. The van der Waals surface area contributed by atoms with Crippen LogP contribution in [0, 0.1) is 5.92 Å². The summed E-state index contributed by atoms with van der Waals surface area (Å²) in [6.07, 6.45) is 0. The highest BCUT2D eigenvalue weighted by molar-refractivity contribution is 6.54. The molecule has 0 radical (unpaired) electrons. The number of methoxy groups -OCH3 is 1. The third-order valence-corrected chi connectivity index (χ3v) is 4.58. The SMILES string of the molecule is COC(=O)[C@@H]1CN=C2C(=O)c3ccccc3N2[C@H]1c1ccccc1. The fraction of sp³-hybridized carbons (Fsp3) is 0.211. The number of benzene rings is 2. The van der Waals surface area contributed by atoms with Gasteiger partial charge in [-0.05, 0) is 17.7 Å². The maximum Gasteiger partial charge on any atom is 0.313 e. The van der Waals surface area contributed by atoms with Gasteiger partial charge in [0.15, 0.2) is 5.84 Å². The van der Waals surface area contributed by atoms with Crippen LogP contribution in [0.1, 0.15) is 22.0 Å². The number of carbonyl (C=O) groups excluding carboxylic acids is 2. The number of anilines is 1. The number of hydrogen-bond acceptors (Lipinski definition) is 5. The van der Waals surface area contributed by atoms with E-state index in [9.17, 15) is 9.59 Å². The second kappa shape index (κ2) is 5.60. The van der Waals surface area contributed by atoms with Crippen molar-refractivity contribution in [3.63, 3.8) is 0 Å². The molecule has 4 rings (SSSR count). The number of Topliss-reactive ketones (excluding diaryl/α,β-unsaturated/α-hetero) is 1. The van der Waals surface area contributed by atoms with Crippen molar-refractivity contribution >= 4 is 23.3 Å². The number of para-hydroxylation sites is 1. The molecule has 0 bridgehead atoms. The van der Waals surface area contributed by atoms with Gasteiger partial charge < -0.3 is 9.64 Å². The summed E-state index contributed by atoms with van der Waals surface area (Å²) in [6, 6.07) is 16.8. The summed E-state index contributed by atoms with van der Waals surface area (Å²) in [5.41, 5.74) is 2.39. The van der Waals surface area contributed by atoms with Crippen LogP contribution in [-0.2, 0) is 9.53 Å². The predicted molar refractivity (Wildman–Crippen MR) is 90.2 cm³/mol. The van der Waals surface area contributed by atoms with Gasteiger partial charge in [-0.3, -0.25) is 14.6 Å². The first-order valence-electron chi connectivity index (χ1n) is 7.82. The Morgan fingerprint density at radius 1 is 1.12 bits per heavy atom. The molecule has 0 fully saturated rings. The number of fused-ring (bicyclic) bond motifs is 3. The maximum atomic E-state index is 12.7. The molecule has 0 unspecified atom stereocenters. The minimum atomic E-state index is -0.458. The van der Waals surface area contributed by atoms with E-state index in [4.69, 9.17) is 4.74 Å². The van der Waals surface area contributed by atoms with Crippen molar-refractivity contribution in [2.45, 2.75) is 6.04 Å². The summed E-state index contributed by atoms with van der Waals surface area (Å²) in [5.74, 6) is -0.455. The fourth-order valence-electron chi connectivity index (χ4n) is 3.50. The number of amidine groups is 1. The van der Waals surface area contributed by atoms with E-state index in [-0.39, 0.29) is 24.3 Å². The van der Waals surface area contributed by atoms with Crippen LogP contribution in [0.5, 0.6) is 0 Å². The average Bonchev–Trinajstić information content (AvgIpc) is 2.94. The van der Waals surface area contributed by atoms with Crippen LogP contribution in [0.2, 0.25) is 0 Å². The first-order valence-corrected chi connectivity index (χ1v) is 7.82. The zero-order valence-corrected chi connectivity index (χ0v) is 13.2.